The number of carbonyl (C=O) groups excluding carboxylic acids is 1. The van der Waals surface area contributed by atoms with Crippen LogP contribution in [0.2, 0.25) is 0 Å². The number of hydrogen-bond donors (Lipinski definition) is 0. The first-order valence-corrected chi connectivity index (χ1v) is 4.54. The highest BCUT2D eigenvalue weighted by Crippen LogP contribution is 2.17. The second kappa shape index (κ2) is 4.78. The summed E-state index contributed by atoms with van der Waals surface area (Å²) in [6.45, 7) is 1.84. The Hall–Kier alpha value is -1.02. The van der Waals surface area contributed by atoms with Gasteiger partial charge in [-0.3, -0.25) is 4.79 Å². The summed E-state index contributed by atoms with van der Waals surface area (Å²) in [5.74, 6) is 0. The second-order valence-electron chi connectivity index (χ2n) is 2.23. The SMILES string of the molecule is CC=CC(=O)Sc1ccccc1. The fraction of sp³-hybridized carbons (Fsp3) is 0.100. The van der Waals surface area contributed by atoms with Crippen LogP contribution in [0.25, 0.3) is 0 Å². The van der Waals surface area contributed by atoms with Gasteiger partial charge in [-0.05, 0) is 36.9 Å². The fourth-order valence-corrected chi connectivity index (χ4v) is 1.50. The molecule has 0 N–H and O–H groups in total. The summed E-state index contributed by atoms with van der Waals surface area (Å²) in [6, 6.07) is 9.62. The molecule has 62 valence electrons. The highest BCUT2D eigenvalue weighted by atomic mass is 32.2. The maximum Gasteiger partial charge on any atom is 0.216 e. The third-order valence-corrected chi connectivity index (χ3v) is 2.11. The molecule has 0 saturated heterocycles. The molecular weight excluding hydrogens is 168 g/mol. The Morgan fingerprint density at radius 3 is 2.58 bits per heavy atom. The van der Waals surface area contributed by atoms with E-state index < -0.39 is 0 Å². The van der Waals surface area contributed by atoms with E-state index in [0.717, 1.165) is 4.90 Å². The van der Waals surface area contributed by atoms with Crippen LogP contribution in [-0.4, -0.2) is 5.12 Å². The fourth-order valence-electron chi connectivity index (χ4n) is 0.775. The van der Waals surface area contributed by atoms with E-state index in [1.165, 1.54) is 11.8 Å². The molecule has 0 radical (unpaired) electrons. The predicted octanol–water partition coefficient (Wildman–Crippen LogP) is 2.88. The van der Waals surface area contributed by atoms with Gasteiger partial charge in [-0.25, -0.2) is 0 Å². The van der Waals surface area contributed by atoms with Crippen LogP contribution in [0.3, 0.4) is 0 Å². The van der Waals surface area contributed by atoms with E-state index >= 15 is 0 Å². The molecule has 1 aromatic carbocycles. The van der Waals surface area contributed by atoms with Crippen molar-refractivity contribution in [2.45, 2.75) is 11.8 Å². The summed E-state index contributed by atoms with van der Waals surface area (Å²) in [6.07, 6.45) is 3.32. The first-order chi connectivity index (χ1) is 5.83. The molecule has 0 fully saturated rings. The van der Waals surface area contributed by atoms with Gasteiger partial charge < -0.3 is 0 Å². The minimum Gasteiger partial charge on any atom is -0.282 e. The first kappa shape index (κ1) is 9.07. The molecule has 0 heterocycles. The zero-order valence-corrected chi connectivity index (χ0v) is 7.67. The molecule has 1 rings (SSSR count). The number of hydrogen-bond acceptors (Lipinski definition) is 2. The normalized spacial score (nSPS) is 10.4. The van der Waals surface area contributed by atoms with Gasteiger partial charge in [0.2, 0.25) is 5.12 Å². The standard InChI is InChI=1S/C10H10OS/c1-2-6-10(11)12-9-7-4-3-5-8-9/h2-8H,1H3. The van der Waals surface area contributed by atoms with Crippen molar-refractivity contribution < 1.29 is 4.79 Å². The van der Waals surface area contributed by atoms with E-state index in [1.807, 2.05) is 37.3 Å². The molecule has 0 aliphatic carbocycles. The molecule has 0 spiro atoms. The summed E-state index contributed by atoms with van der Waals surface area (Å²) in [5, 5.41) is 0.0729. The largest absolute Gasteiger partial charge is 0.282 e. The van der Waals surface area contributed by atoms with Crippen LogP contribution < -0.4 is 0 Å². The van der Waals surface area contributed by atoms with Gasteiger partial charge in [0.1, 0.15) is 0 Å². The van der Waals surface area contributed by atoms with Crippen LogP contribution in [0.15, 0.2) is 47.4 Å². The summed E-state index contributed by atoms with van der Waals surface area (Å²) in [5.41, 5.74) is 0. The van der Waals surface area contributed by atoms with Gasteiger partial charge >= 0.3 is 0 Å². The summed E-state index contributed by atoms with van der Waals surface area (Å²) in [7, 11) is 0. The van der Waals surface area contributed by atoms with Crippen molar-refractivity contribution in [2.24, 2.45) is 0 Å². The molecule has 0 aromatic heterocycles. The smallest absolute Gasteiger partial charge is 0.216 e. The van der Waals surface area contributed by atoms with Gasteiger partial charge in [0, 0.05) is 4.90 Å². The molecule has 12 heavy (non-hydrogen) atoms. The number of carbonyl (C=O) groups is 1. The Kier molecular flexibility index (Phi) is 3.61. The average molecular weight is 178 g/mol. The first-order valence-electron chi connectivity index (χ1n) is 3.72. The molecule has 0 unspecified atom stereocenters. The molecule has 1 nitrogen and oxygen atoms in total. The Labute approximate surface area is 76.5 Å². The van der Waals surface area contributed by atoms with Crippen molar-refractivity contribution in [3.63, 3.8) is 0 Å². The topological polar surface area (TPSA) is 17.1 Å². The van der Waals surface area contributed by atoms with Gasteiger partial charge in [-0.15, -0.1) is 0 Å². The number of benzene rings is 1. The van der Waals surface area contributed by atoms with Crippen molar-refractivity contribution in [3.8, 4) is 0 Å². The minimum atomic E-state index is 0.0729. The maximum atomic E-state index is 11.1. The lowest BCUT2D eigenvalue weighted by Crippen LogP contribution is -1.82. The van der Waals surface area contributed by atoms with Crippen LogP contribution >= 0.6 is 11.8 Å². The van der Waals surface area contributed by atoms with Crippen molar-refractivity contribution in [2.75, 3.05) is 0 Å². The lowest BCUT2D eigenvalue weighted by atomic mass is 10.4. The van der Waals surface area contributed by atoms with Gasteiger partial charge in [-0.1, -0.05) is 24.3 Å². The minimum absolute atomic E-state index is 0.0729. The quantitative estimate of drug-likeness (QED) is 0.511. The average Bonchev–Trinajstić information content (AvgIpc) is 2.06. The van der Waals surface area contributed by atoms with E-state index in [1.54, 1.807) is 12.2 Å². The van der Waals surface area contributed by atoms with Crippen molar-refractivity contribution in [3.05, 3.63) is 42.5 Å². The molecule has 0 aliphatic heterocycles. The monoisotopic (exact) mass is 178 g/mol. The Morgan fingerprint density at radius 2 is 2.00 bits per heavy atom. The van der Waals surface area contributed by atoms with E-state index in [-0.39, 0.29) is 5.12 Å². The van der Waals surface area contributed by atoms with Crippen molar-refractivity contribution >= 4 is 16.9 Å². The highest BCUT2D eigenvalue weighted by molar-refractivity contribution is 8.14. The third kappa shape index (κ3) is 2.93. The van der Waals surface area contributed by atoms with Gasteiger partial charge in [-0.2, -0.15) is 0 Å². The zero-order valence-electron chi connectivity index (χ0n) is 6.86. The summed E-state index contributed by atoms with van der Waals surface area (Å²) in [4.78, 5) is 12.1. The molecule has 0 saturated carbocycles. The summed E-state index contributed by atoms with van der Waals surface area (Å²) >= 11 is 1.24. The van der Waals surface area contributed by atoms with Crippen LogP contribution in [-0.2, 0) is 4.79 Å². The van der Waals surface area contributed by atoms with Gasteiger partial charge in [0.05, 0.1) is 0 Å². The van der Waals surface area contributed by atoms with E-state index in [9.17, 15) is 4.79 Å². The van der Waals surface area contributed by atoms with Crippen LogP contribution in [0, 0.1) is 0 Å². The number of thioether (sulfide) groups is 1. The van der Waals surface area contributed by atoms with E-state index in [0.29, 0.717) is 0 Å². The molecule has 0 bridgehead atoms. The van der Waals surface area contributed by atoms with Crippen molar-refractivity contribution in [1.82, 2.24) is 0 Å². The number of allylic oxidation sites excluding steroid dienone is 1. The second-order valence-corrected chi connectivity index (χ2v) is 3.31. The lowest BCUT2D eigenvalue weighted by molar-refractivity contribution is -0.107. The lowest BCUT2D eigenvalue weighted by Gasteiger charge is -1.94. The molecule has 0 atom stereocenters. The maximum absolute atomic E-state index is 11.1. The van der Waals surface area contributed by atoms with Gasteiger partial charge in [0.25, 0.3) is 0 Å². The van der Waals surface area contributed by atoms with E-state index in [4.69, 9.17) is 0 Å². The zero-order chi connectivity index (χ0) is 8.81. The van der Waals surface area contributed by atoms with Crippen LogP contribution in [0.5, 0.6) is 0 Å². The van der Waals surface area contributed by atoms with Crippen LogP contribution in [0.4, 0.5) is 0 Å². The third-order valence-electron chi connectivity index (χ3n) is 1.26. The Morgan fingerprint density at radius 1 is 1.33 bits per heavy atom. The molecule has 0 amide bonds. The molecule has 1 aromatic rings. The van der Waals surface area contributed by atoms with E-state index in [2.05, 4.69) is 0 Å². The Bertz CT molecular complexity index is 277. The van der Waals surface area contributed by atoms with Gasteiger partial charge in [0.15, 0.2) is 0 Å². The molecule has 2 heteroatoms. The number of rotatable bonds is 2. The molecule has 0 aliphatic rings. The highest BCUT2D eigenvalue weighted by Gasteiger charge is 1.97. The van der Waals surface area contributed by atoms with Crippen molar-refractivity contribution in [1.29, 1.82) is 0 Å². The molecular formula is C10H10OS. The Balaban J connectivity index is 2.59. The van der Waals surface area contributed by atoms with Crippen LogP contribution in [0.1, 0.15) is 6.92 Å². The summed E-state index contributed by atoms with van der Waals surface area (Å²) < 4.78 is 0. The predicted molar refractivity (Wildman–Crippen MR) is 52.1 cm³/mol.